The topological polar surface area (TPSA) is 17.8 Å². The number of para-hydroxylation sites is 2. The van der Waals surface area contributed by atoms with E-state index < -0.39 is 0 Å². The third-order valence-corrected chi connectivity index (χ3v) is 11.2. The van der Waals surface area contributed by atoms with E-state index in [9.17, 15) is 0 Å². The quantitative estimate of drug-likeness (QED) is 0.164. The van der Waals surface area contributed by atoms with Gasteiger partial charge in [0, 0.05) is 10.9 Å². The molecule has 1 heterocycles. The molecule has 2 heteroatoms. The number of hydrogen-bond donors (Lipinski definition) is 0. The molecule has 11 rings (SSSR count). The van der Waals surface area contributed by atoms with Crippen LogP contribution in [0.3, 0.4) is 0 Å². The van der Waals surface area contributed by atoms with Gasteiger partial charge in [0.05, 0.1) is 16.7 Å². The summed E-state index contributed by atoms with van der Waals surface area (Å²) < 4.78 is 2.31. The summed E-state index contributed by atoms with van der Waals surface area (Å²) in [6, 6.07) is 74.7. The minimum absolute atomic E-state index is 0.931. The molecule has 1 aromatic heterocycles. The molecule has 0 N–H and O–H groups in total. The van der Waals surface area contributed by atoms with Gasteiger partial charge in [-0.15, -0.1) is 0 Å². The van der Waals surface area contributed by atoms with Crippen LogP contribution in [0.5, 0.6) is 0 Å². The van der Waals surface area contributed by atoms with Gasteiger partial charge < -0.3 is 0 Å². The first-order chi connectivity index (χ1) is 27.3. The molecule has 0 unspecified atom stereocenters. The van der Waals surface area contributed by atoms with Crippen LogP contribution in [0.4, 0.5) is 0 Å². The molecule has 2 nitrogen and oxygen atoms in total. The molecular weight excluding hydrogens is 665 g/mol. The fourth-order valence-corrected chi connectivity index (χ4v) is 8.61. The highest BCUT2D eigenvalue weighted by Crippen LogP contribution is 2.45. The van der Waals surface area contributed by atoms with Crippen LogP contribution in [0.2, 0.25) is 0 Å². The van der Waals surface area contributed by atoms with Crippen molar-refractivity contribution in [2.24, 2.45) is 0 Å². The highest BCUT2D eigenvalue weighted by Gasteiger charge is 2.19. The second kappa shape index (κ2) is 12.7. The number of hydrogen-bond acceptors (Lipinski definition) is 1. The van der Waals surface area contributed by atoms with Crippen molar-refractivity contribution in [3.63, 3.8) is 0 Å². The maximum absolute atomic E-state index is 5.21. The lowest BCUT2D eigenvalue weighted by atomic mass is 9.84. The predicted octanol–water partition coefficient (Wildman–Crippen LogP) is 14.3. The standard InChI is InChI=1S/C53H34N2/c1-2-15-38(16-3-1)51-44-20-8-9-21-45(44)52(42-30-27-35-13-4-5-17-40(35)33-42)47-34-41(31-32-46(47)51)36-25-28-39(29-26-36)53-54-48-22-10-11-23-50(48)55(53)49-24-12-18-37-14-6-7-19-43(37)49/h1-34H. The van der Waals surface area contributed by atoms with Crippen molar-refractivity contribution in [2.75, 3.05) is 0 Å². The number of imidazole rings is 1. The third kappa shape index (κ3) is 5.15. The van der Waals surface area contributed by atoms with E-state index in [0.717, 1.165) is 33.7 Å². The largest absolute Gasteiger partial charge is 0.292 e. The van der Waals surface area contributed by atoms with E-state index in [1.807, 2.05) is 0 Å². The van der Waals surface area contributed by atoms with Gasteiger partial charge in [-0.2, -0.15) is 0 Å². The first kappa shape index (κ1) is 31.3. The van der Waals surface area contributed by atoms with Gasteiger partial charge in [0.25, 0.3) is 0 Å². The molecule has 0 fully saturated rings. The zero-order chi connectivity index (χ0) is 36.3. The number of aromatic nitrogens is 2. The number of fused-ring (bicyclic) bond motifs is 5. The Morgan fingerprint density at radius 3 is 1.71 bits per heavy atom. The molecule has 0 saturated carbocycles. The summed E-state index contributed by atoms with van der Waals surface area (Å²) in [6.07, 6.45) is 0. The van der Waals surface area contributed by atoms with Gasteiger partial charge in [-0.3, -0.25) is 4.57 Å². The SMILES string of the molecule is c1ccc(-c2c3ccccc3c(-c3ccc4ccccc4c3)c3cc(-c4ccc(-c5nc6ccccc6n5-c5cccc6ccccc56)cc4)ccc23)cc1. The van der Waals surface area contributed by atoms with Crippen LogP contribution < -0.4 is 0 Å². The van der Waals surface area contributed by atoms with Gasteiger partial charge in [0.15, 0.2) is 0 Å². The second-order valence-electron chi connectivity index (χ2n) is 14.3. The van der Waals surface area contributed by atoms with Crippen molar-refractivity contribution in [1.29, 1.82) is 0 Å². The van der Waals surface area contributed by atoms with Gasteiger partial charge in [-0.1, -0.05) is 176 Å². The van der Waals surface area contributed by atoms with Crippen molar-refractivity contribution >= 4 is 54.1 Å². The minimum atomic E-state index is 0.931. The molecule has 10 aromatic carbocycles. The van der Waals surface area contributed by atoms with Gasteiger partial charge in [0.1, 0.15) is 5.82 Å². The van der Waals surface area contributed by atoms with Gasteiger partial charge in [0.2, 0.25) is 0 Å². The number of benzene rings is 10. The Morgan fingerprint density at radius 2 is 0.891 bits per heavy atom. The molecule has 0 radical (unpaired) electrons. The molecule has 0 aliphatic heterocycles. The second-order valence-corrected chi connectivity index (χ2v) is 14.3. The number of rotatable bonds is 5. The van der Waals surface area contributed by atoms with E-state index in [2.05, 4.69) is 211 Å². The molecule has 0 aliphatic rings. The van der Waals surface area contributed by atoms with Crippen LogP contribution in [0.25, 0.3) is 105 Å². The monoisotopic (exact) mass is 698 g/mol. The van der Waals surface area contributed by atoms with Crippen LogP contribution in [0, 0.1) is 0 Å². The maximum Gasteiger partial charge on any atom is 0.145 e. The molecule has 256 valence electrons. The molecule has 0 atom stereocenters. The van der Waals surface area contributed by atoms with Crippen molar-refractivity contribution in [3.05, 3.63) is 206 Å². The van der Waals surface area contributed by atoms with Crippen LogP contribution in [-0.2, 0) is 0 Å². The van der Waals surface area contributed by atoms with E-state index in [0.29, 0.717) is 0 Å². The fourth-order valence-electron chi connectivity index (χ4n) is 8.61. The molecular formula is C53H34N2. The third-order valence-electron chi connectivity index (χ3n) is 11.2. The Morgan fingerprint density at radius 1 is 0.309 bits per heavy atom. The van der Waals surface area contributed by atoms with Gasteiger partial charge >= 0.3 is 0 Å². The van der Waals surface area contributed by atoms with Crippen LogP contribution in [0.15, 0.2) is 206 Å². The fraction of sp³-hybridized carbons (Fsp3) is 0. The Kier molecular flexibility index (Phi) is 7.21. The molecule has 0 spiro atoms. The van der Waals surface area contributed by atoms with Crippen molar-refractivity contribution in [2.45, 2.75) is 0 Å². The van der Waals surface area contributed by atoms with Crippen LogP contribution in [0.1, 0.15) is 0 Å². The average molecular weight is 699 g/mol. The summed E-state index contributed by atoms with van der Waals surface area (Å²) in [5, 5.41) is 9.90. The highest BCUT2D eigenvalue weighted by molar-refractivity contribution is 6.22. The van der Waals surface area contributed by atoms with Crippen molar-refractivity contribution < 1.29 is 0 Å². The molecule has 0 saturated heterocycles. The van der Waals surface area contributed by atoms with Crippen LogP contribution in [-0.4, -0.2) is 9.55 Å². The summed E-state index contributed by atoms with van der Waals surface area (Å²) in [5.74, 6) is 0.931. The number of nitrogens with zero attached hydrogens (tertiary/aromatic N) is 2. The first-order valence-electron chi connectivity index (χ1n) is 18.9. The average Bonchev–Trinajstić information content (AvgIpc) is 3.65. The van der Waals surface area contributed by atoms with E-state index >= 15 is 0 Å². The lowest BCUT2D eigenvalue weighted by Crippen LogP contribution is -1.98. The maximum atomic E-state index is 5.21. The summed E-state index contributed by atoms with van der Waals surface area (Å²) in [6.45, 7) is 0. The summed E-state index contributed by atoms with van der Waals surface area (Å²) in [5.41, 5.74) is 11.6. The van der Waals surface area contributed by atoms with Gasteiger partial charge in [-0.05, 0) is 101 Å². The van der Waals surface area contributed by atoms with E-state index in [-0.39, 0.29) is 0 Å². The zero-order valence-corrected chi connectivity index (χ0v) is 30.0. The smallest absolute Gasteiger partial charge is 0.145 e. The molecule has 55 heavy (non-hydrogen) atoms. The minimum Gasteiger partial charge on any atom is -0.292 e. The Bertz CT molecular complexity index is 3240. The molecule has 0 amide bonds. The first-order valence-corrected chi connectivity index (χ1v) is 18.9. The molecule has 11 aromatic rings. The Balaban J connectivity index is 1.11. The Labute approximate surface area is 319 Å². The molecule has 0 aliphatic carbocycles. The van der Waals surface area contributed by atoms with E-state index in [4.69, 9.17) is 4.98 Å². The summed E-state index contributed by atoms with van der Waals surface area (Å²) in [7, 11) is 0. The van der Waals surface area contributed by atoms with E-state index in [1.165, 1.54) is 70.9 Å². The summed E-state index contributed by atoms with van der Waals surface area (Å²) >= 11 is 0. The molecule has 0 bridgehead atoms. The summed E-state index contributed by atoms with van der Waals surface area (Å²) in [4.78, 5) is 5.21. The highest BCUT2D eigenvalue weighted by atomic mass is 15.1. The lowest BCUT2D eigenvalue weighted by molar-refractivity contribution is 1.11. The Hall–Kier alpha value is -7.29. The van der Waals surface area contributed by atoms with Gasteiger partial charge in [-0.25, -0.2) is 4.98 Å². The van der Waals surface area contributed by atoms with Crippen molar-refractivity contribution in [1.82, 2.24) is 9.55 Å². The lowest BCUT2D eigenvalue weighted by Gasteiger charge is -2.19. The van der Waals surface area contributed by atoms with Crippen LogP contribution >= 0.6 is 0 Å². The zero-order valence-electron chi connectivity index (χ0n) is 30.0. The van der Waals surface area contributed by atoms with E-state index in [1.54, 1.807) is 0 Å². The predicted molar refractivity (Wildman–Crippen MR) is 233 cm³/mol. The normalized spacial score (nSPS) is 11.6. The van der Waals surface area contributed by atoms with Crippen molar-refractivity contribution in [3.8, 4) is 50.5 Å².